The highest BCUT2D eigenvalue weighted by Crippen LogP contribution is 2.24. The van der Waals surface area contributed by atoms with Crippen LogP contribution in [0.15, 0.2) is 48.5 Å². The minimum absolute atomic E-state index is 0.106. The first-order valence-corrected chi connectivity index (χ1v) is 8.87. The van der Waals surface area contributed by atoms with E-state index in [1.807, 2.05) is 25.2 Å². The van der Waals surface area contributed by atoms with Gasteiger partial charge in [-0.1, -0.05) is 24.3 Å². The Balaban J connectivity index is 1.67. The molecule has 126 valence electrons. The molecule has 0 aliphatic carbocycles. The average molecular weight is 351 g/mol. The number of amides is 1. The average Bonchev–Trinajstić information content (AvgIpc) is 3.05. The van der Waals surface area contributed by atoms with Gasteiger partial charge in [0.05, 0.1) is 28.5 Å². The molecule has 2 aromatic carbocycles. The Kier molecular flexibility index (Phi) is 5.08. The van der Waals surface area contributed by atoms with Gasteiger partial charge in [-0.25, -0.2) is 4.98 Å². The number of rotatable bonds is 5. The number of aromatic nitrogens is 1. The van der Waals surface area contributed by atoms with E-state index < -0.39 is 0 Å². The van der Waals surface area contributed by atoms with Crippen LogP contribution >= 0.6 is 11.3 Å². The van der Waals surface area contributed by atoms with E-state index in [9.17, 15) is 4.79 Å². The predicted molar refractivity (Wildman–Crippen MR) is 99.6 cm³/mol. The molecule has 2 N–H and O–H groups in total. The number of thiazole rings is 1. The Bertz CT molecular complexity index is 911. The van der Waals surface area contributed by atoms with Crippen LogP contribution in [0, 0.1) is 11.3 Å². The molecule has 6 heteroatoms. The summed E-state index contributed by atoms with van der Waals surface area (Å²) in [5, 5.41) is 12.9. The van der Waals surface area contributed by atoms with E-state index in [-0.39, 0.29) is 11.9 Å². The second-order valence-electron chi connectivity index (χ2n) is 5.97. The summed E-state index contributed by atoms with van der Waals surface area (Å²) < 4.78 is 1.16. The zero-order valence-electron chi connectivity index (χ0n) is 14.1. The molecule has 0 aliphatic heterocycles. The molecule has 0 bridgehead atoms. The van der Waals surface area contributed by atoms with Gasteiger partial charge in [-0.3, -0.25) is 4.79 Å². The van der Waals surface area contributed by atoms with Crippen LogP contribution in [-0.2, 0) is 4.79 Å². The van der Waals surface area contributed by atoms with Crippen LogP contribution in [0.25, 0.3) is 10.2 Å². The summed E-state index contributed by atoms with van der Waals surface area (Å²) >= 11 is 1.66. The number of para-hydroxylation sites is 2. The van der Waals surface area contributed by atoms with Crippen LogP contribution in [0.2, 0.25) is 0 Å². The molecule has 0 radical (unpaired) electrons. The summed E-state index contributed by atoms with van der Waals surface area (Å²) in [6.07, 6.45) is 0. The third kappa shape index (κ3) is 3.85. The molecular formula is C19H19N4OS+. The van der Waals surface area contributed by atoms with Gasteiger partial charge in [0.25, 0.3) is 5.91 Å². The monoisotopic (exact) mass is 351 g/mol. The molecule has 2 atom stereocenters. The number of likely N-dealkylation sites (N-methyl/N-ethyl adjacent to an activating group) is 1. The number of carbonyl (C=O) groups is 1. The van der Waals surface area contributed by atoms with Crippen molar-refractivity contribution in [2.45, 2.75) is 13.0 Å². The highest BCUT2D eigenvalue weighted by atomic mass is 32.1. The highest BCUT2D eigenvalue weighted by molar-refractivity contribution is 7.18. The van der Waals surface area contributed by atoms with Gasteiger partial charge in [-0.15, -0.1) is 11.3 Å². The SMILES string of the molecule is C[C@@H](c1nc2ccccc2s1)[NH+](C)CC(=O)Nc1ccccc1C#N. The number of quaternary nitrogens is 1. The minimum atomic E-state index is -0.117. The fourth-order valence-corrected chi connectivity index (χ4v) is 3.69. The number of benzene rings is 2. The fourth-order valence-electron chi connectivity index (χ4n) is 2.58. The molecule has 0 saturated heterocycles. The standard InChI is InChI=1S/C19H18N4OS/c1-13(19-22-16-9-5-6-10-17(16)25-19)23(2)12-18(24)21-15-8-4-3-7-14(15)11-20/h3-10,13H,12H2,1-2H3,(H,21,24)/p+1/t13-/m0/s1. The van der Waals surface area contributed by atoms with Crippen molar-refractivity contribution >= 4 is 33.1 Å². The molecule has 3 rings (SSSR count). The number of nitriles is 1. The Morgan fingerprint density at radius 3 is 2.76 bits per heavy atom. The van der Waals surface area contributed by atoms with E-state index in [1.165, 1.54) is 0 Å². The predicted octanol–water partition coefficient (Wildman–Crippen LogP) is 2.38. The Hall–Kier alpha value is -2.75. The third-order valence-electron chi connectivity index (χ3n) is 4.18. The lowest BCUT2D eigenvalue weighted by molar-refractivity contribution is -0.902. The smallest absolute Gasteiger partial charge is 0.279 e. The van der Waals surface area contributed by atoms with Crippen molar-refractivity contribution in [2.75, 3.05) is 18.9 Å². The lowest BCUT2D eigenvalue weighted by Gasteiger charge is -2.19. The van der Waals surface area contributed by atoms with E-state index in [2.05, 4.69) is 29.4 Å². The quantitative estimate of drug-likeness (QED) is 0.741. The van der Waals surface area contributed by atoms with Crippen molar-refractivity contribution in [1.29, 1.82) is 5.26 Å². The molecule has 0 saturated carbocycles. The maximum absolute atomic E-state index is 12.3. The zero-order valence-corrected chi connectivity index (χ0v) is 14.9. The first-order valence-electron chi connectivity index (χ1n) is 8.05. The van der Waals surface area contributed by atoms with Gasteiger partial charge in [0.15, 0.2) is 11.6 Å². The molecular weight excluding hydrogens is 332 g/mol. The maximum atomic E-state index is 12.3. The number of hydrogen-bond acceptors (Lipinski definition) is 4. The Morgan fingerprint density at radius 2 is 2.00 bits per heavy atom. The Morgan fingerprint density at radius 1 is 1.28 bits per heavy atom. The van der Waals surface area contributed by atoms with E-state index in [0.717, 1.165) is 20.1 Å². The van der Waals surface area contributed by atoms with Gasteiger partial charge in [-0.05, 0) is 31.2 Å². The molecule has 1 amide bonds. The van der Waals surface area contributed by atoms with Gasteiger partial charge in [0, 0.05) is 0 Å². The van der Waals surface area contributed by atoms with Crippen LogP contribution in [0.4, 0.5) is 5.69 Å². The van der Waals surface area contributed by atoms with Crippen molar-refractivity contribution in [3.05, 3.63) is 59.1 Å². The Labute approximate surface area is 150 Å². The van der Waals surface area contributed by atoms with Crippen LogP contribution < -0.4 is 10.2 Å². The largest absolute Gasteiger partial charge is 0.322 e. The van der Waals surface area contributed by atoms with Crippen LogP contribution in [0.1, 0.15) is 23.5 Å². The van der Waals surface area contributed by atoms with E-state index in [4.69, 9.17) is 5.26 Å². The molecule has 1 unspecified atom stereocenters. The normalized spacial score (nSPS) is 13.2. The first-order chi connectivity index (χ1) is 12.1. The second kappa shape index (κ2) is 7.43. The number of carbonyl (C=O) groups excluding carboxylic acids is 1. The summed E-state index contributed by atoms with van der Waals surface area (Å²) in [6, 6.07) is 17.3. The van der Waals surface area contributed by atoms with Crippen LogP contribution in [0.3, 0.4) is 0 Å². The highest BCUT2D eigenvalue weighted by Gasteiger charge is 2.22. The van der Waals surface area contributed by atoms with E-state index >= 15 is 0 Å². The number of anilines is 1. The van der Waals surface area contributed by atoms with Crippen molar-refractivity contribution in [3.8, 4) is 6.07 Å². The summed E-state index contributed by atoms with van der Waals surface area (Å²) in [4.78, 5) is 18.1. The van der Waals surface area contributed by atoms with Gasteiger partial charge in [0.2, 0.25) is 0 Å². The van der Waals surface area contributed by atoms with Gasteiger partial charge < -0.3 is 10.2 Å². The molecule has 25 heavy (non-hydrogen) atoms. The lowest BCUT2D eigenvalue weighted by atomic mass is 10.2. The third-order valence-corrected chi connectivity index (χ3v) is 5.40. The molecule has 0 aliphatic rings. The number of nitrogens with one attached hydrogen (secondary N) is 2. The molecule has 5 nitrogen and oxygen atoms in total. The van der Waals surface area contributed by atoms with Crippen molar-refractivity contribution in [2.24, 2.45) is 0 Å². The molecule has 0 fully saturated rings. The molecule has 3 aromatic rings. The van der Waals surface area contributed by atoms with Crippen molar-refractivity contribution in [3.63, 3.8) is 0 Å². The second-order valence-corrected chi connectivity index (χ2v) is 7.03. The fraction of sp³-hybridized carbons (Fsp3) is 0.211. The van der Waals surface area contributed by atoms with Crippen molar-refractivity contribution in [1.82, 2.24) is 4.98 Å². The molecule has 1 heterocycles. The number of hydrogen-bond donors (Lipinski definition) is 2. The molecule has 1 aromatic heterocycles. The summed E-state index contributed by atoms with van der Waals surface area (Å²) in [5.74, 6) is -0.117. The summed E-state index contributed by atoms with van der Waals surface area (Å²) in [6.45, 7) is 2.38. The maximum Gasteiger partial charge on any atom is 0.279 e. The van der Waals surface area contributed by atoms with Crippen LogP contribution in [0.5, 0.6) is 0 Å². The summed E-state index contributed by atoms with van der Waals surface area (Å²) in [5.41, 5.74) is 2.01. The van der Waals surface area contributed by atoms with E-state index in [1.54, 1.807) is 35.6 Å². The number of nitrogens with zero attached hydrogens (tertiary/aromatic N) is 2. The zero-order chi connectivity index (χ0) is 17.8. The van der Waals surface area contributed by atoms with Crippen LogP contribution in [-0.4, -0.2) is 24.5 Å². The molecule has 0 spiro atoms. The van der Waals surface area contributed by atoms with E-state index in [0.29, 0.717) is 17.8 Å². The summed E-state index contributed by atoms with van der Waals surface area (Å²) in [7, 11) is 1.98. The van der Waals surface area contributed by atoms with Crippen molar-refractivity contribution < 1.29 is 9.69 Å². The first kappa shape index (κ1) is 17.1. The topological polar surface area (TPSA) is 70.2 Å². The van der Waals surface area contributed by atoms with Gasteiger partial charge in [-0.2, -0.15) is 5.26 Å². The van der Waals surface area contributed by atoms with Gasteiger partial charge in [0.1, 0.15) is 12.1 Å². The number of fused-ring (bicyclic) bond motifs is 1. The minimum Gasteiger partial charge on any atom is -0.322 e. The lowest BCUT2D eigenvalue weighted by Crippen LogP contribution is -3.10. The van der Waals surface area contributed by atoms with Gasteiger partial charge >= 0.3 is 0 Å².